The Bertz CT molecular complexity index is 413. The molecule has 0 aliphatic heterocycles. The lowest BCUT2D eigenvalue weighted by Gasteiger charge is -2.30. The summed E-state index contributed by atoms with van der Waals surface area (Å²) in [7, 11) is 0. The maximum atomic E-state index is 13.6. The molecule has 19 heavy (non-hydrogen) atoms. The molecule has 0 bridgehead atoms. The second-order valence-corrected chi connectivity index (χ2v) is 6.55. The van der Waals surface area contributed by atoms with Crippen molar-refractivity contribution in [1.82, 2.24) is 5.32 Å². The SMILES string of the molecule is Fc1ccc(Br)cc1CNCC1CCCCC1CCl. The summed E-state index contributed by atoms with van der Waals surface area (Å²) in [5.74, 6) is 1.86. The van der Waals surface area contributed by atoms with Gasteiger partial charge in [0.25, 0.3) is 0 Å². The van der Waals surface area contributed by atoms with Crippen LogP contribution in [0, 0.1) is 17.7 Å². The molecule has 1 nitrogen and oxygen atoms in total. The average molecular weight is 349 g/mol. The molecule has 0 radical (unpaired) electrons. The second-order valence-electron chi connectivity index (χ2n) is 5.33. The highest BCUT2D eigenvalue weighted by molar-refractivity contribution is 9.10. The van der Waals surface area contributed by atoms with Gasteiger partial charge in [0.2, 0.25) is 0 Å². The Hall–Kier alpha value is -0.120. The molecule has 1 aromatic rings. The largest absolute Gasteiger partial charge is 0.312 e. The van der Waals surface area contributed by atoms with Gasteiger partial charge in [-0.05, 0) is 49.4 Å². The monoisotopic (exact) mass is 347 g/mol. The Morgan fingerprint density at radius 1 is 1.26 bits per heavy atom. The number of hydrogen-bond donors (Lipinski definition) is 1. The molecule has 1 aromatic carbocycles. The topological polar surface area (TPSA) is 12.0 Å². The molecule has 4 heteroatoms. The van der Waals surface area contributed by atoms with Crippen molar-refractivity contribution >= 4 is 27.5 Å². The Kier molecular flexibility index (Phi) is 6.11. The molecule has 0 heterocycles. The molecule has 1 saturated carbocycles. The number of nitrogens with one attached hydrogen (secondary N) is 1. The molecule has 2 atom stereocenters. The van der Waals surface area contributed by atoms with Crippen molar-refractivity contribution < 1.29 is 4.39 Å². The number of rotatable bonds is 5. The molecule has 106 valence electrons. The Labute approximate surface area is 128 Å². The summed E-state index contributed by atoms with van der Waals surface area (Å²) in [6.45, 7) is 1.51. The van der Waals surface area contributed by atoms with E-state index >= 15 is 0 Å². The lowest BCUT2D eigenvalue weighted by atomic mass is 9.80. The minimum atomic E-state index is -0.145. The molecule has 1 aliphatic carbocycles. The van der Waals surface area contributed by atoms with Gasteiger partial charge in [0.05, 0.1) is 0 Å². The van der Waals surface area contributed by atoms with Crippen LogP contribution in [0.25, 0.3) is 0 Å². The van der Waals surface area contributed by atoms with E-state index in [1.54, 1.807) is 6.07 Å². The van der Waals surface area contributed by atoms with Crippen LogP contribution in [0.3, 0.4) is 0 Å². The molecular formula is C15H20BrClFN. The van der Waals surface area contributed by atoms with E-state index in [4.69, 9.17) is 11.6 Å². The highest BCUT2D eigenvalue weighted by Crippen LogP contribution is 2.30. The van der Waals surface area contributed by atoms with Crippen LogP contribution >= 0.6 is 27.5 Å². The van der Waals surface area contributed by atoms with E-state index in [0.717, 1.165) is 16.9 Å². The maximum Gasteiger partial charge on any atom is 0.127 e. The fourth-order valence-corrected chi connectivity index (χ4v) is 3.64. The Morgan fingerprint density at radius 2 is 2.00 bits per heavy atom. The number of benzene rings is 1. The first-order chi connectivity index (χ1) is 9.20. The van der Waals surface area contributed by atoms with Gasteiger partial charge < -0.3 is 5.32 Å². The van der Waals surface area contributed by atoms with Crippen LogP contribution in [0.4, 0.5) is 4.39 Å². The van der Waals surface area contributed by atoms with Gasteiger partial charge >= 0.3 is 0 Å². The third kappa shape index (κ3) is 4.44. The third-order valence-corrected chi connectivity index (χ3v) is 4.88. The van der Waals surface area contributed by atoms with Crippen LogP contribution < -0.4 is 5.32 Å². The van der Waals surface area contributed by atoms with Crippen molar-refractivity contribution in [3.05, 3.63) is 34.1 Å². The maximum absolute atomic E-state index is 13.6. The Morgan fingerprint density at radius 3 is 2.74 bits per heavy atom. The van der Waals surface area contributed by atoms with Gasteiger partial charge in [-0.15, -0.1) is 11.6 Å². The molecule has 2 rings (SSSR count). The summed E-state index contributed by atoms with van der Waals surface area (Å²) < 4.78 is 14.5. The molecule has 0 amide bonds. The van der Waals surface area contributed by atoms with Gasteiger partial charge in [-0.1, -0.05) is 28.8 Å². The van der Waals surface area contributed by atoms with Gasteiger partial charge in [0.15, 0.2) is 0 Å². The van der Waals surface area contributed by atoms with E-state index in [1.165, 1.54) is 31.7 Å². The summed E-state index contributed by atoms with van der Waals surface area (Å²) >= 11 is 9.40. The zero-order chi connectivity index (χ0) is 13.7. The summed E-state index contributed by atoms with van der Waals surface area (Å²) in [5, 5.41) is 3.38. The standard InChI is InChI=1S/C15H20BrClFN/c16-14-5-6-15(18)13(7-14)10-19-9-12-4-2-1-3-11(12)8-17/h5-7,11-12,19H,1-4,8-10H2. The van der Waals surface area contributed by atoms with E-state index in [1.807, 2.05) is 6.07 Å². The number of halogens is 3. The zero-order valence-corrected chi connectivity index (χ0v) is 13.3. The highest BCUT2D eigenvalue weighted by Gasteiger charge is 2.23. The lowest BCUT2D eigenvalue weighted by Crippen LogP contribution is -2.31. The van der Waals surface area contributed by atoms with Crippen LogP contribution in [0.15, 0.2) is 22.7 Å². The van der Waals surface area contributed by atoms with Gasteiger partial charge in [0, 0.05) is 22.5 Å². The van der Waals surface area contributed by atoms with E-state index in [9.17, 15) is 4.39 Å². The summed E-state index contributed by atoms with van der Waals surface area (Å²) in [6, 6.07) is 5.06. The smallest absolute Gasteiger partial charge is 0.127 e. The van der Waals surface area contributed by atoms with Crippen LogP contribution in [-0.2, 0) is 6.54 Å². The van der Waals surface area contributed by atoms with Gasteiger partial charge in [-0.2, -0.15) is 0 Å². The van der Waals surface area contributed by atoms with Crippen LogP contribution in [0.5, 0.6) is 0 Å². The molecule has 1 N–H and O–H groups in total. The van der Waals surface area contributed by atoms with Crippen LogP contribution in [0.2, 0.25) is 0 Å². The predicted molar refractivity (Wildman–Crippen MR) is 82.0 cm³/mol. The lowest BCUT2D eigenvalue weighted by molar-refractivity contribution is 0.250. The van der Waals surface area contributed by atoms with Crippen molar-refractivity contribution in [2.75, 3.05) is 12.4 Å². The highest BCUT2D eigenvalue weighted by atomic mass is 79.9. The first-order valence-electron chi connectivity index (χ1n) is 6.91. The van der Waals surface area contributed by atoms with E-state index in [-0.39, 0.29) is 5.82 Å². The van der Waals surface area contributed by atoms with E-state index < -0.39 is 0 Å². The van der Waals surface area contributed by atoms with Crippen LogP contribution in [0.1, 0.15) is 31.2 Å². The van der Waals surface area contributed by atoms with Gasteiger partial charge in [0.1, 0.15) is 5.82 Å². The molecular weight excluding hydrogens is 329 g/mol. The van der Waals surface area contributed by atoms with Crippen molar-refractivity contribution in [3.63, 3.8) is 0 Å². The molecule has 0 saturated heterocycles. The first-order valence-corrected chi connectivity index (χ1v) is 8.24. The summed E-state index contributed by atoms with van der Waals surface area (Å²) in [4.78, 5) is 0. The van der Waals surface area contributed by atoms with E-state index in [0.29, 0.717) is 23.9 Å². The fourth-order valence-electron chi connectivity index (χ4n) is 2.83. The Balaban J connectivity index is 1.83. The minimum Gasteiger partial charge on any atom is -0.312 e. The third-order valence-electron chi connectivity index (χ3n) is 3.99. The normalized spacial score (nSPS) is 23.5. The van der Waals surface area contributed by atoms with Crippen molar-refractivity contribution in [1.29, 1.82) is 0 Å². The van der Waals surface area contributed by atoms with Crippen LogP contribution in [-0.4, -0.2) is 12.4 Å². The van der Waals surface area contributed by atoms with E-state index in [2.05, 4.69) is 21.2 Å². The summed E-state index contributed by atoms with van der Waals surface area (Å²) in [6.07, 6.45) is 5.07. The van der Waals surface area contributed by atoms with Gasteiger partial charge in [-0.3, -0.25) is 0 Å². The molecule has 1 fully saturated rings. The first kappa shape index (κ1) is 15.3. The molecule has 1 aliphatic rings. The molecule has 0 aromatic heterocycles. The quantitative estimate of drug-likeness (QED) is 0.759. The zero-order valence-electron chi connectivity index (χ0n) is 11.0. The minimum absolute atomic E-state index is 0.145. The van der Waals surface area contributed by atoms with Crippen molar-refractivity contribution in [3.8, 4) is 0 Å². The van der Waals surface area contributed by atoms with Gasteiger partial charge in [-0.25, -0.2) is 4.39 Å². The number of hydrogen-bond acceptors (Lipinski definition) is 1. The molecule has 2 unspecified atom stereocenters. The summed E-state index contributed by atoms with van der Waals surface area (Å²) in [5.41, 5.74) is 0.715. The second kappa shape index (κ2) is 7.61. The average Bonchev–Trinajstić information content (AvgIpc) is 2.43. The molecule has 0 spiro atoms. The van der Waals surface area contributed by atoms with Crippen molar-refractivity contribution in [2.24, 2.45) is 11.8 Å². The number of alkyl halides is 1. The fraction of sp³-hybridized carbons (Fsp3) is 0.600. The predicted octanol–water partition coefficient (Wildman–Crippen LogP) is 4.72. The van der Waals surface area contributed by atoms with Crippen molar-refractivity contribution in [2.45, 2.75) is 32.2 Å².